The monoisotopic (exact) mass is 251 g/mol. The van der Waals surface area contributed by atoms with E-state index in [0.717, 1.165) is 29.8 Å². The van der Waals surface area contributed by atoms with Crippen LogP contribution in [0.25, 0.3) is 0 Å². The lowest BCUT2D eigenvalue weighted by Gasteiger charge is -2.12. The van der Waals surface area contributed by atoms with Crippen molar-refractivity contribution in [2.45, 2.75) is 40.2 Å². The maximum atomic E-state index is 11.9. The topological polar surface area (TPSA) is 48.4 Å². The van der Waals surface area contributed by atoms with Crippen molar-refractivity contribution in [2.75, 3.05) is 13.7 Å². The van der Waals surface area contributed by atoms with E-state index in [0.29, 0.717) is 18.8 Å². The summed E-state index contributed by atoms with van der Waals surface area (Å²) < 4.78 is 10.2. The van der Waals surface area contributed by atoms with Gasteiger partial charge in [0.05, 0.1) is 24.5 Å². The molecule has 0 amide bonds. The Balaban J connectivity index is 3.16. The molecule has 0 aliphatic rings. The summed E-state index contributed by atoms with van der Waals surface area (Å²) in [6.07, 6.45) is 1.73. The fraction of sp³-hybridized carbons (Fsp3) is 0.571. The van der Waals surface area contributed by atoms with Crippen LogP contribution in [0.2, 0.25) is 0 Å². The third kappa shape index (κ3) is 3.53. The molecule has 0 aliphatic heterocycles. The van der Waals surface area contributed by atoms with E-state index in [4.69, 9.17) is 9.47 Å². The van der Waals surface area contributed by atoms with Crippen LogP contribution in [0.15, 0.2) is 6.07 Å². The molecule has 0 radical (unpaired) electrons. The van der Waals surface area contributed by atoms with Gasteiger partial charge in [-0.15, -0.1) is 0 Å². The van der Waals surface area contributed by atoms with Gasteiger partial charge in [0.2, 0.25) is 0 Å². The summed E-state index contributed by atoms with van der Waals surface area (Å²) in [6, 6.07) is 1.84. The maximum Gasteiger partial charge on any atom is 0.339 e. The van der Waals surface area contributed by atoms with Gasteiger partial charge in [-0.25, -0.2) is 4.79 Å². The molecule has 0 unspecified atom stereocenters. The molecule has 0 saturated heterocycles. The van der Waals surface area contributed by atoms with Crippen LogP contribution in [0, 0.1) is 6.92 Å². The normalized spacial score (nSPS) is 10.4. The standard InChI is InChI=1S/C14H21NO3/c1-5-7-13-12(14(16)18-6-2)8-11(9-17-4)10(3)15-13/h8H,5-7,9H2,1-4H3. The van der Waals surface area contributed by atoms with Crippen LogP contribution in [0.3, 0.4) is 0 Å². The second kappa shape index (κ2) is 7.11. The number of carbonyl (C=O) groups excluding carboxylic acids is 1. The summed E-state index contributed by atoms with van der Waals surface area (Å²) in [4.78, 5) is 16.4. The van der Waals surface area contributed by atoms with E-state index < -0.39 is 0 Å². The molecule has 0 N–H and O–H groups in total. The second-order valence-electron chi connectivity index (χ2n) is 4.13. The predicted molar refractivity (Wildman–Crippen MR) is 69.6 cm³/mol. The Morgan fingerprint density at radius 3 is 2.67 bits per heavy atom. The minimum absolute atomic E-state index is 0.300. The molecule has 1 rings (SSSR count). The highest BCUT2D eigenvalue weighted by atomic mass is 16.5. The second-order valence-corrected chi connectivity index (χ2v) is 4.13. The van der Waals surface area contributed by atoms with Crippen molar-refractivity contribution in [3.8, 4) is 0 Å². The number of aryl methyl sites for hydroxylation is 2. The molecular weight excluding hydrogens is 230 g/mol. The lowest BCUT2D eigenvalue weighted by atomic mass is 10.1. The lowest BCUT2D eigenvalue weighted by Crippen LogP contribution is -2.12. The van der Waals surface area contributed by atoms with Crippen LogP contribution in [0.4, 0.5) is 0 Å². The average molecular weight is 251 g/mol. The number of methoxy groups -OCH3 is 1. The number of pyridine rings is 1. The van der Waals surface area contributed by atoms with Crippen LogP contribution in [-0.4, -0.2) is 24.7 Å². The number of rotatable bonds is 6. The molecule has 0 fully saturated rings. The molecule has 0 spiro atoms. The third-order valence-electron chi connectivity index (χ3n) is 2.68. The van der Waals surface area contributed by atoms with Crippen molar-refractivity contribution in [1.29, 1.82) is 0 Å². The highest BCUT2D eigenvalue weighted by Crippen LogP contribution is 2.17. The minimum Gasteiger partial charge on any atom is -0.462 e. The third-order valence-corrected chi connectivity index (χ3v) is 2.68. The van der Waals surface area contributed by atoms with Gasteiger partial charge >= 0.3 is 5.97 Å². The first kappa shape index (κ1) is 14.6. The van der Waals surface area contributed by atoms with Crippen LogP contribution in [-0.2, 0) is 22.5 Å². The van der Waals surface area contributed by atoms with Crippen molar-refractivity contribution in [3.05, 3.63) is 28.6 Å². The minimum atomic E-state index is -0.300. The summed E-state index contributed by atoms with van der Waals surface area (Å²) in [5, 5.41) is 0. The SMILES string of the molecule is CCCc1nc(C)c(COC)cc1C(=O)OCC. The molecule has 0 bridgehead atoms. The van der Waals surface area contributed by atoms with Crippen molar-refractivity contribution < 1.29 is 14.3 Å². The largest absolute Gasteiger partial charge is 0.462 e. The van der Waals surface area contributed by atoms with Crippen molar-refractivity contribution in [3.63, 3.8) is 0 Å². The first-order valence-corrected chi connectivity index (χ1v) is 6.29. The quantitative estimate of drug-likeness (QED) is 0.729. The van der Waals surface area contributed by atoms with E-state index in [9.17, 15) is 4.79 Å². The molecule has 0 atom stereocenters. The highest BCUT2D eigenvalue weighted by Gasteiger charge is 2.16. The maximum absolute atomic E-state index is 11.9. The number of aromatic nitrogens is 1. The summed E-state index contributed by atoms with van der Waals surface area (Å²) in [5.41, 5.74) is 3.22. The summed E-state index contributed by atoms with van der Waals surface area (Å²) >= 11 is 0. The van der Waals surface area contributed by atoms with E-state index >= 15 is 0 Å². The number of hydrogen-bond donors (Lipinski definition) is 0. The molecular formula is C14H21NO3. The smallest absolute Gasteiger partial charge is 0.339 e. The Bertz CT molecular complexity index is 416. The molecule has 0 aliphatic carbocycles. The van der Waals surface area contributed by atoms with Gasteiger partial charge in [0.25, 0.3) is 0 Å². The fourth-order valence-electron chi connectivity index (χ4n) is 1.81. The summed E-state index contributed by atoms with van der Waals surface area (Å²) in [5.74, 6) is -0.300. The van der Waals surface area contributed by atoms with Gasteiger partial charge in [-0.3, -0.25) is 4.98 Å². The van der Waals surface area contributed by atoms with Gasteiger partial charge in [-0.05, 0) is 31.9 Å². The summed E-state index contributed by atoms with van der Waals surface area (Å²) in [6.45, 7) is 6.63. The molecule has 1 aromatic rings. The van der Waals surface area contributed by atoms with Crippen molar-refractivity contribution in [2.24, 2.45) is 0 Å². The van der Waals surface area contributed by atoms with Crippen LogP contribution < -0.4 is 0 Å². The summed E-state index contributed by atoms with van der Waals surface area (Å²) in [7, 11) is 1.63. The fourth-order valence-corrected chi connectivity index (χ4v) is 1.81. The molecule has 4 heteroatoms. The van der Waals surface area contributed by atoms with Gasteiger partial charge in [0.1, 0.15) is 0 Å². The molecule has 18 heavy (non-hydrogen) atoms. The average Bonchev–Trinajstić information content (AvgIpc) is 2.33. The van der Waals surface area contributed by atoms with E-state index in [1.807, 2.05) is 13.0 Å². The van der Waals surface area contributed by atoms with Gasteiger partial charge < -0.3 is 9.47 Å². The van der Waals surface area contributed by atoms with Crippen molar-refractivity contribution >= 4 is 5.97 Å². The van der Waals surface area contributed by atoms with E-state index in [2.05, 4.69) is 11.9 Å². The Morgan fingerprint density at radius 1 is 1.39 bits per heavy atom. The number of ether oxygens (including phenoxy) is 2. The van der Waals surface area contributed by atoms with Crippen molar-refractivity contribution in [1.82, 2.24) is 4.98 Å². The molecule has 4 nitrogen and oxygen atoms in total. The molecule has 1 aromatic heterocycles. The van der Waals surface area contributed by atoms with E-state index in [1.54, 1.807) is 14.0 Å². The zero-order valence-electron chi connectivity index (χ0n) is 11.6. The van der Waals surface area contributed by atoms with Crippen LogP contribution in [0.1, 0.15) is 47.6 Å². The Labute approximate surface area is 108 Å². The first-order chi connectivity index (χ1) is 8.63. The predicted octanol–water partition coefficient (Wildman–Crippen LogP) is 2.67. The lowest BCUT2D eigenvalue weighted by molar-refractivity contribution is 0.0524. The highest BCUT2D eigenvalue weighted by molar-refractivity contribution is 5.90. The molecule has 0 aromatic carbocycles. The number of esters is 1. The molecule has 100 valence electrons. The Morgan fingerprint density at radius 2 is 2.11 bits per heavy atom. The Kier molecular flexibility index (Phi) is 5.78. The van der Waals surface area contributed by atoms with Gasteiger partial charge in [0, 0.05) is 12.8 Å². The van der Waals surface area contributed by atoms with Gasteiger partial charge in [-0.2, -0.15) is 0 Å². The first-order valence-electron chi connectivity index (χ1n) is 6.29. The number of carbonyl (C=O) groups is 1. The number of hydrogen-bond acceptors (Lipinski definition) is 4. The van der Waals surface area contributed by atoms with Crippen LogP contribution >= 0.6 is 0 Å². The Hall–Kier alpha value is -1.42. The zero-order chi connectivity index (χ0) is 13.5. The molecule has 1 heterocycles. The van der Waals surface area contributed by atoms with Crippen LogP contribution in [0.5, 0.6) is 0 Å². The van der Waals surface area contributed by atoms with E-state index in [-0.39, 0.29) is 5.97 Å². The van der Waals surface area contributed by atoms with E-state index in [1.165, 1.54) is 0 Å². The van der Waals surface area contributed by atoms with Gasteiger partial charge in [-0.1, -0.05) is 13.3 Å². The van der Waals surface area contributed by atoms with Gasteiger partial charge in [0.15, 0.2) is 0 Å². The number of nitrogens with zero attached hydrogens (tertiary/aromatic N) is 1. The zero-order valence-corrected chi connectivity index (χ0v) is 11.6. The molecule has 0 saturated carbocycles.